The molecule has 1 N–H and O–H groups in total. The molecule has 0 radical (unpaired) electrons. The van der Waals surface area contributed by atoms with Gasteiger partial charge in [-0.1, -0.05) is 61.2 Å². The smallest absolute Gasteiger partial charge is 0.407 e. The van der Waals surface area contributed by atoms with E-state index in [1.807, 2.05) is 69.3 Å². The van der Waals surface area contributed by atoms with E-state index in [9.17, 15) is 4.79 Å². The van der Waals surface area contributed by atoms with Gasteiger partial charge in [-0.15, -0.1) is 0 Å². The Balaban J connectivity index is 0.000000289. The average molecular weight is 498 g/mol. The van der Waals surface area contributed by atoms with Crippen LogP contribution in [0.4, 0.5) is 4.79 Å². The Morgan fingerprint density at radius 3 is 1.96 bits per heavy atom. The Labute approximate surface area is 176 Å². The summed E-state index contributed by atoms with van der Waals surface area (Å²) in [6.45, 7) is 6.41. The lowest BCUT2D eigenvalue weighted by atomic mass is 10.2. The molecule has 0 saturated heterocycles. The maximum Gasteiger partial charge on any atom is 0.407 e. The average Bonchev–Trinajstić information content (AvgIpc) is 2.60. The largest absolute Gasteiger partial charge is 0.444 e. The molecule has 0 aromatic heterocycles. The number of ether oxygens (including phenoxy) is 1. The molecule has 0 unspecified atom stereocenters. The number of rotatable bonds is 4. The number of benzene rings is 2. The van der Waals surface area contributed by atoms with Crippen molar-refractivity contribution in [3.05, 3.63) is 79.0 Å². The van der Waals surface area contributed by atoms with E-state index in [1.165, 1.54) is 0 Å². The lowest BCUT2D eigenvalue weighted by Crippen LogP contribution is -2.32. The van der Waals surface area contributed by atoms with Crippen LogP contribution in [0.25, 0.3) is 10.4 Å². The summed E-state index contributed by atoms with van der Waals surface area (Å²) in [5, 5.41) is 6.14. The van der Waals surface area contributed by atoms with Crippen molar-refractivity contribution in [2.24, 2.45) is 5.11 Å². The minimum Gasteiger partial charge on any atom is -0.444 e. The summed E-state index contributed by atoms with van der Waals surface area (Å²) < 4.78 is 7.18. The van der Waals surface area contributed by atoms with E-state index >= 15 is 0 Å². The van der Waals surface area contributed by atoms with Gasteiger partial charge in [-0.2, -0.15) is 0 Å². The minimum atomic E-state index is -0.455. The zero-order chi connectivity index (χ0) is 20.3. The fourth-order valence-electron chi connectivity index (χ4n) is 1.79. The lowest BCUT2D eigenvalue weighted by molar-refractivity contribution is 0.0523. The maximum atomic E-state index is 11.4. The van der Waals surface area contributed by atoms with Gasteiger partial charge in [0, 0.05) is 20.4 Å². The SMILES string of the molecule is CC(C)(C)OC(=O)NCc1ccc(Br)cc1.[N-]=[N+]=NCc1ccc(Br)cc1. The van der Waals surface area contributed by atoms with Gasteiger partial charge in [0.15, 0.2) is 0 Å². The van der Waals surface area contributed by atoms with Crippen LogP contribution in [-0.2, 0) is 17.8 Å². The van der Waals surface area contributed by atoms with Gasteiger partial charge >= 0.3 is 6.09 Å². The summed E-state index contributed by atoms with van der Waals surface area (Å²) in [5.74, 6) is 0. The summed E-state index contributed by atoms with van der Waals surface area (Å²) >= 11 is 6.66. The predicted molar refractivity (Wildman–Crippen MR) is 114 cm³/mol. The van der Waals surface area contributed by atoms with Gasteiger partial charge in [-0.3, -0.25) is 0 Å². The summed E-state index contributed by atoms with van der Waals surface area (Å²) in [6, 6.07) is 15.4. The zero-order valence-electron chi connectivity index (χ0n) is 15.4. The first-order chi connectivity index (χ1) is 12.7. The second kappa shape index (κ2) is 11.6. The van der Waals surface area contributed by atoms with Gasteiger partial charge in [-0.25, -0.2) is 4.79 Å². The van der Waals surface area contributed by atoms with E-state index in [0.29, 0.717) is 13.1 Å². The van der Waals surface area contributed by atoms with E-state index in [0.717, 1.165) is 20.1 Å². The van der Waals surface area contributed by atoms with Crippen molar-refractivity contribution in [1.29, 1.82) is 0 Å². The van der Waals surface area contributed by atoms with E-state index in [1.54, 1.807) is 0 Å². The van der Waals surface area contributed by atoms with Crippen molar-refractivity contribution in [1.82, 2.24) is 5.32 Å². The predicted octanol–water partition coefficient (Wildman–Crippen LogP) is 6.73. The highest BCUT2D eigenvalue weighted by molar-refractivity contribution is 9.10. The molecule has 0 aliphatic heterocycles. The van der Waals surface area contributed by atoms with Crippen molar-refractivity contribution < 1.29 is 9.53 Å². The van der Waals surface area contributed by atoms with Gasteiger partial charge in [0.25, 0.3) is 0 Å². The Morgan fingerprint density at radius 2 is 1.52 bits per heavy atom. The summed E-state index contributed by atoms with van der Waals surface area (Å²) in [6.07, 6.45) is -0.393. The van der Waals surface area contributed by atoms with Crippen molar-refractivity contribution in [2.75, 3.05) is 0 Å². The molecule has 0 fully saturated rings. The maximum absolute atomic E-state index is 11.4. The number of azide groups is 1. The molecule has 2 rings (SSSR count). The van der Waals surface area contributed by atoms with Crippen LogP contribution in [-0.4, -0.2) is 11.7 Å². The van der Waals surface area contributed by atoms with Gasteiger partial charge in [-0.05, 0) is 61.7 Å². The zero-order valence-corrected chi connectivity index (χ0v) is 18.6. The number of alkyl carbamates (subject to hydrolysis) is 1. The second-order valence-corrected chi connectivity index (χ2v) is 8.33. The van der Waals surface area contributed by atoms with E-state index < -0.39 is 11.7 Å². The molecule has 0 aliphatic rings. The molecular weight excluding hydrogens is 476 g/mol. The molecule has 6 nitrogen and oxygen atoms in total. The normalized spacial score (nSPS) is 10.1. The van der Waals surface area contributed by atoms with Crippen LogP contribution >= 0.6 is 31.9 Å². The molecular formula is C19H22Br2N4O2. The second-order valence-electron chi connectivity index (χ2n) is 6.50. The molecule has 0 saturated carbocycles. The molecule has 0 atom stereocenters. The molecule has 144 valence electrons. The molecule has 2 aromatic rings. The Hall–Kier alpha value is -2.02. The van der Waals surface area contributed by atoms with Gasteiger partial charge in [0.2, 0.25) is 0 Å². The van der Waals surface area contributed by atoms with E-state index in [-0.39, 0.29) is 0 Å². The Kier molecular flexibility index (Phi) is 9.93. The first-order valence-electron chi connectivity index (χ1n) is 8.16. The molecule has 2 aromatic carbocycles. The fraction of sp³-hybridized carbons (Fsp3) is 0.316. The standard InChI is InChI=1S/C12H16BrNO2.C7H6BrN3/c1-12(2,3)16-11(15)14-8-9-4-6-10(13)7-5-9;8-7-3-1-6(2-4-7)5-10-11-9/h4-7H,8H2,1-3H3,(H,14,15);1-4H,5H2. The van der Waals surface area contributed by atoms with E-state index in [2.05, 4.69) is 47.2 Å². The molecule has 0 aliphatic carbocycles. The monoisotopic (exact) mass is 496 g/mol. The summed E-state index contributed by atoms with van der Waals surface area (Å²) in [5.41, 5.74) is 9.63. The number of hydrogen-bond acceptors (Lipinski definition) is 3. The number of nitrogens with one attached hydrogen (secondary N) is 1. The molecule has 1 amide bonds. The van der Waals surface area contributed by atoms with Crippen LogP contribution in [0.3, 0.4) is 0 Å². The fourth-order valence-corrected chi connectivity index (χ4v) is 2.32. The molecule has 0 heterocycles. The molecule has 0 bridgehead atoms. The van der Waals surface area contributed by atoms with Gasteiger partial charge in [0.1, 0.15) is 5.60 Å². The van der Waals surface area contributed by atoms with Crippen LogP contribution < -0.4 is 5.32 Å². The van der Waals surface area contributed by atoms with Crippen LogP contribution in [0.15, 0.2) is 62.6 Å². The third-order valence-electron chi connectivity index (χ3n) is 2.98. The highest BCUT2D eigenvalue weighted by Crippen LogP contribution is 2.12. The van der Waals surface area contributed by atoms with E-state index in [4.69, 9.17) is 10.3 Å². The number of hydrogen-bond donors (Lipinski definition) is 1. The number of amides is 1. The van der Waals surface area contributed by atoms with Crippen molar-refractivity contribution in [2.45, 2.75) is 39.5 Å². The van der Waals surface area contributed by atoms with Gasteiger partial charge in [0.05, 0.1) is 6.54 Å². The first kappa shape index (κ1) is 23.0. The Bertz CT molecular complexity index is 766. The lowest BCUT2D eigenvalue weighted by Gasteiger charge is -2.19. The van der Waals surface area contributed by atoms with Crippen molar-refractivity contribution in [3.63, 3.8) is 0 Å². The number of nitrogens with zero attached hydrogens (tertiary/aromatic N) is 3. The Morgan fingerprint density at radius 1 is 1.04 bits per heavy atom. The molecule has 27 heavy (non-hydrogen) atoms. The van der Waals surface area contributed by atoms with Crippen LogP contribution in [0.2, 0.25) is 0 Å². The highest BCUT2D eigenvalue weighted by atomic mass is 79.9. The number of carbonyl (C=O) groups is 1. The first-order valence-corrected chi connectivity index (χ1v) is 9.75. The summed E-state index contributed by atoms with van der Waals surface area (Å²) in [7, 11) is 0. The third-order valence-corrected chi connectivity index (χ3v) is 4.04. The molecule has 0 spiro atoms. The van der Waals surface area contributed by atoms with Crippen LogP contribution in [0, 0.1) is 0 Å². The highest BCUT2D eigenvalue weighted by Gasteiger charge is 2.15. The topological polar surface area (TPSA) is 87.1 Å². The van der Waals surface area contributed by atoms with Crippen molar-refractivity contribution >= 4 is 38.0 Å². The van der Waals surface area contributed by atoms with Gasteiger partial charge < -0.3 is 10.1 Å². The quantitative estimate of drug-likeness (QED) is 0.288. The summed E-state index contributed by atoms with van der Waals surface area (Å²) in [4.78, 5) is 14.0. The third kappa shape index (κ3) is 11.3. The number of carbonyl (C=O) groups excluding carboxylic acids is 1. The molecule has 8 heteroatoms. The van der Waals surface area contributed by atoms with Crippen LogP contribution in [0.5, 0.6) is 0 Å². The van der Waals surface area contributed by atoms with Crippen LogP contribution in [0.1, 0.15) is 31.9 Å². The number of halogens is 2. The van der Waals surface area contributed by atoms with Crippen molar-refractivity contribution in [3.8, 4) is 0 Å². The minimum absolute atomic E-state index is 0.393.